The van der Waals surface area contributed by atoms with E-state index in [-0.39, 0.29) is 0 Å². The summed E-state index contributed by atoms with van der Waals surface area (Å²) < 4.78 is 0. The molecular weight excluding hydrogens is 166 g/mol. The second kappa shape index (κ2) is 3.04. The molecule has 2 rings (SSSR count). The highest BCUT2D eigenvalue weighted by Gasteiger charge is 2.15. The zero-order valence-electron chi connectivity index (χ0n) is 7.10. The first kappa shape index (κ1) is 8.02. The Kier molecular flexibility index (Phi) is 2.03. The van der Waals surface area contributed by atoms with Crippen LogP contribution in [0.3, 0.4) is 0 Å². The molecule has 0 bridgehead atoms. The second-order valence-electron chi connectivity index (χ2n) is 3.22. The van der Waals surface area contributed by atoms with Gasteiger partial charge in [-0.3, -0.25) is 0 Å². The van der Waals surface area contributed by atoms with E-state index in [2.05, 4.69) is 12.6 Å². The van der Waals surface area contributed by atoms with E-state index in [1.807, 2.05) is 11.3 Å². The maximum absolute atomic E-state index is 5.53. The monoisotopic (exact) mass is 179 g/mol. The Morgan fingerprint density at radius 1 is 1.58 bits per heavy atom. The molecule has 0 radical (unpaired) electrons. The summed E-state index contributed by atoms with van der Waals surface area (Å²) in [5.74, 6) is 0. The molecule has 0 saturated heterocycles. The number of hydrogen-bond acceptors (Lipinski definition) is 2. The van der Waals surface area contributed by atoms with E-state index in [1.54, 1.807) is 4.88 Å². The van der Waals surface area contributed by atoms with Crippen LogP contribution in [-0.2, 0) is 12.8 Å². The number of hydrogen-bond donors (Lipinski definition) is 1. The van der Waals surface area contributed by atoms with Crippen LogP contribution in [0.4, 0.5) is 0 Å². The summed E-state index contributed by atoms with van der Waals surface area (Å²) in [6.45, 7) is 4.52. The topological polar surface area (TPSA) is 26.0 Å². The van der Waals surface area contributed by atoms with E-state index >= 15 is 0 Å². The molecule has 1 nitrogen and oxygen atoms in total. The highest BCUT2D eigenvalue weighted by Crippen LogP contribution is 2.33. The van der Waals surface area contributed by atoms with Crippen LogP contribution < -0.4 is 5.73 Å². The Morgan fingerprint density at radius 3 is 3.08 bits per heavy atom. The Balaban J connectivity index is 2.31. The van der Waals surface area contributed by atoms with E-state index < -0.39 is 0 Å². The molecule has 0 unspecified atom stereocenters. The van der Waals surface area contributed by atoms with Crippen molar-refractivity contribution in [1.82, 2.24) is 0 Å². The van der Waals surface area contributed by atoms with Crippen molar-refractivity contribution in [3.05, 3.63) is 28.0 Å². The molecule has 2 heteroatoms. The summed E-state index contributed by atoms with van der Waals surface area (Å²) in [6, 6.07) is 2.27. The van der Waals surface area contributed by atoms with Gasteiger partial charge in [0, 0.05) is 16.3 Å². The number of rotatable bonds is 2. The largest absolute Gasteiger partial charge is 0.326 e. The molecule has 0 aromatic carbocycles. The minimum absolute atomic E-state index is 0.583. The molecule has 0 amide bonds. The van der Waals surface area contributed by atoms with E-state index in [0.717, 1.165) is 5.57 Å². The molecule has 1 aliphatic rings. The summed E-state index contributed by atoms with van der Waals surface area (Å²) in [6.07, 6.45) is 3.85. The predicted molar refractivity (Wildman–Crippen MR) is 54.4 cm³/mol. The van der Waals surface area contributed by atoms with Gasteiger partial charge in [-0.25, -0.2) is 0 Å². The average Bonchev–Trinajstić information content (AvgIpc) is 2.60. The fourth-order valence-corrected chi connectivity index (χ4v) is 2.84. The average molecular weight is 179 g/mol. The standard InChI is InChI=1S/C10H13NS/c1-7(6-11)10-5-8-3-2-4-9(8)12-10/h5H,1-4,6,11H2. The lowest BCUT2D eigenvalue weighted by molar-refractivity contribution is 0.914. The van der Waals surface area contributed by atoms with Crippen LogP contribution in [0.5, 0.6) is 0 Å². The first-order valence-corrected chi connectivity index (χ1v) is 5.12. The Morgan fingerprint density at radius 2 is 2.42 bits per heavy atom. The van der Waals surface area contributed by atoms with Crippen LogP contribution in [0.25, 0.3) is 5.57 Å². The summed E-state index contributed by atoms with van der Waals surface area (Å²) in [4.78, 5) is 2.85. The minimum Gasteiger partial charge on any atom is -0.326 e. The van der Waals surface area contributed by atoms with Crippen LogP contribution >= 0.6 is 11.3 Å². The molecule has 0 spiro atoms. The molecule has 0 atom stereocenters. The minimum atomic E-state index is 0.583. The van der Waals surface area contributed by atoms with Crippen molar-refractivity contribution < 1.29 is 0 Å². The molecule has 1 heterocycles. The Labute approximate surface area is 76.9 Å². The number of thiophene rings is 1. The smallest absolute Gasteiger partial charge is 0.0315 e. The lowest BCUT2D eigenvalue weighted by atomic mass is 10.2. The van der Waals surface area contributed by atoms with Crippen LogP contribution in [0.1, 0.15) is 21.7 Å². The van der Waals surface area contributed by atoms with Crippen LogP contribution in [-0.4, -0.2) is 6.54 Å². The van der Waals surface area contributed by atoms with Gasteiger partial charge in [0.1, 0.15) is 0 Å². The summed E-state index contributed by atoms with van der Waals surface area (Å²) in [5.41, 5.74) is 8.14. The maximum atomic E-state index is 5.53. The van der Waals surface area contributed by atoms with Gasteiger partial charge in [0.2, 0.25) is 0 Å². The molecule has 0 aliphatic heterocycles. The SMILES string of the molecule is C=C(CN)c1cc2c(s1)CCC2. The Bertz CT molecular complexity index is 290. The van der Waals surface area contributed by atoms with Gasteiger partial charge < -0.3 is 5.73 Å². The van der Waals surface area contributed by atoms with Crippen LogP contribution in [0, 0.1) is 0 Å². The van der Waals surface area contributed by atoms with E-state index in [0.29, 0.717) is 6.54 Å². The van der Waals surface area contributed by atoms with Gasteiger partial charge in [0.05, 0.1) is 0 Å². The number of fused-ring (bicyclic) bond motifs is 1. The van der Waals surface area contributed by atoms with Crippen molar-refractivity contribution in [1.29, 1.82) is 0 Å². The van der Waals surface area contributed by atoms with Gasteiger partial charge in [-0.1, -0.05) is 6.58 Å². The van der Waals surface area contributed by atoms with Gasteiger partial charge in [-0.2, -0.15) is 0 Å². The van der Waals surface area contributed by atoms with Crippen molar-refractivity contribution in [3.8, 4) is 0 Å². The van der Waals surface area contributed by atoms with Gasteiger partial charge >= 0.3 is 0 Å². The summed E-state index contributed by atoms with van der Waals surface area (Å²) in [7, 11) is 0. The van der Waals surface area contributed by atoms with Crippen LogP contribution in [0.2, 0.25) is 0 Å². The molecule has 64 valence electrons. The molecule has 2 N–H and O–H groups in total. The molecule has 12 heavy (non-hydrogen) atoms. The summed E-state index contributed by atoms with van der Waals surface area (Å²) in [5, 5.41) is 0. The van der Waals surface area contributed by atoms with Crippen molar-refractivity contribution in [3.63, 3.8) is 0 Å². The molecule has 0 fully saturated rings. The van der Waals surface area contributed by atoms with Crippen molar-refractivity contribution in [2.75, 3.05) is 6.54 Å². The fraction of sp³-hybridized carbons (Fsp3) is 0.400. The third-order valence-electron chi connectivity index (χ3n) is 2.34. The zero-order valence-corrected chi connectivity index (χ0v) is 7.91. The fourth-order valence-electron chi connectivity index (χ4n) is 1.60. The third kappa shape index (κ3) is 1.21. The second-order valence-corrected chi connectivity index (χ2v) is 4.36. The highest BCUT2D eigenvalue weighted by atomic mass is 32.1. The zero-order chi connectivity index (χ0) is 8.55. The molecule has 1 aliphatic carbocycles. The maximum Gasteiger partial charge on any atom is 0.0315 e. The van der Waals surface area contributed by atoms with Gasteiger partial charge in [0.15, 0.2) is 0 Å². The summed E-state index contributed by atoms with van der Waals surface area (Å²) >= 11 is 1.88. The van der Waals surface area contributed by atoms with Gasteiger partial charge in [-0.15, -0.1) is 11.3 Å². The quantitative estimate of drug-likeness (QED) is 0.740. The lowest BCUT2D eigenvalue weighted by Crippen LogP contribution is -1.99. The number of nitrogens with two attached hydrogens (primary N) is 1. The highest BCUT2D eigenvalue weighted by molar-refractivity contribution is 7.13. The Hall–Kier alpha value is -0.600. The molecular formula is C10H13NS. The van der Waals surface area contributed by atoms with Crippen molar-refractivity contribution >= 4 is 16.9 Å². The normalized spacial score (nSPS) is 14.8. The van der Waals surface area contributed by atoms with E-state index in [9.17, 15) is 0 Å². The van der Waals surface area contributed by atoms with E-state index in [4.69, 9.17) is 5.73 Å². The predicted octanol–water partition coefficient (Wildman–Crippen LogP) is 2.21. The van der Waals surface area contributed by atoms with Gasteiger partial charge in [0.25, 0.3) is 0 Å². The first-order chi connectivity index (χ1) is 5.81. The van der Waals surface area contributed by atoms with Crippen LogP contribution in [0.15, 0.2) is 12.6 Å². The number of aryl methyl sites for hydroxylation is 2. The molecule has 0 saturated carbocycles. The van der Waals surface area contributed by atoms with E-state index in [1.165, 1.54) is 29.7 Å². The first-order valence-electron chi connectivity index (χ1n) is 4.31. The van der Waals surface area contributed by atoms with Crippen molar-refractivity contribution in [2.45, 2.75) is 19.3 Å². The lowest BCUT2D eigenvalue weighted by Gasteiger charge is -1.96. The van der Waals surface area contributed by atoms with Crippen molar-refractivity contribution in [2.24, 2.45) is 5.73 Å². The third-order valence-corrected chi connectivity index (χ3v) is 3.68. The van der Waals surface area contributed by atoms with Gasteiger partial charge in [-0.05, 0) is 36.5 Å². The molecule has 1 aromatic rings. The molecule has 1 aromatic heterocycles.